The molecule has 0 aliphatic carbocycles. The average Bonchev–Trinajstić information content (AvgIpc) is 2.74. The van der Waals surface area contributed by atoms with E-state index in [1.165, 1.54) is 0 Å². The number of nitrogens with zero attached hydrogens (tertiary/aromatic N) is 2. The summed E-state index contributed by atoms with van der Waals surface area (Å²) in [4.78, 5) is 19.0. The Bertz CT molecular complexity index is 880. The van der Waals surface area contributed by atoms with Crippen molar-refractivity contribution in [1.29, 1.82) is 0 Å². The molecule has 5 heteroatoms. The van der Waals surface area contributed by atoms with Gasteiger partial charge >= 0.3 is 0 Å². The zero-order valence-corrected chi connectivity index (χ0v) is 15.6. The first-order valence-corrected chi connectivity index (χ1v) is 8.91. The van der Waals surface area contributed by atoms with Crippen LogP contribution >= 0.6 is 0 Å². The molecular weight excluding hydrogens is 338 g/mol. The van der Waals surface area contributed by atoms with Gasteiger partial charge in [-0.3, -0.25) is 4.79 Å². The second kappa shape index (κ2) is 8.85. The summed E-state index contributed by atoms with van der Waals surface area (Å²) in [7, 11) is 1.62. The fourth-order valence-electron chi connectivity index (χ4n) is 2.89. The fraction of sp³-hybridized carbons (Fsp3) is 0.182. The van der Waals surface area contributed by atoms with Crippen LogP contribution in [0.3, 0.4) is 0 Å². The van der Waals surface area contributed by atoms with E-state index in [-0.39, 0.29) is 5.91 Å². The largest absolute Gasteiger partial charge is 0.496 e. The second-order valence-corrected chi connectivity index (χ2v) is 5.98. The van der Waals surface area contributed by atoms with Gasteiger partial charge in [-0.05, 0) is 37.3 Å². The van der Waals surface area contributed by atoms with Gasteiger partial charge < -0.3 is 15.0 Å². The van der Waals surface area contributed by atoms with Crippen LogP contribution in [0.2, 0.25) is 0 Å². The highest BCUT2D eigenvalue weighted by atomic mass is 16.5. The van der Waals surface area contributed by atoms with E-state index in [0.717, 1.165) is 29.4 Å². The maximum Gasteiger partial charge on any atom is 0.253 e. The van der Waals surface area contributed by atoms with Crippen LogP contribution in [0.15, 0.2) is 72.9 Å². The van der Waals surface area contributed by atoms with Crippen LogP contribution in [-0.2, 0) is 6.54 Å². The third-order valence-corrected chi connectivity index (χ3v) is 4.30. The lowest BCUT2D eigenvalue weighted by Crippen LogP contribution is -2.23. The zero-order valence-electron chi connectivity index (χ0n) is 15.6. The number of amides is 1. The van der Waals surface area contributed by atoms with E-state index >= 15 is 0 Å². The molecule has 27 heavy (non-hydrogen) atoms. The summed E-state index contributed by atoms with van der Waals surface area (Å²) in [5.41, 5.74) is 2.53. The van der Waals surface area contributed by atoms with Crippen LogP contribution in [0.5, 0.6) is 5.75 Å². The van der Waals surface area contributed by atoms with E-state index in [4.69, 9.17) is 4.74 Å². The molecule has 1 N–H and O–H groups in total. The van der Waals surface area contributed by atoms with Crippen LogP contribution in [0, 0.1) is 0 Å². The van der Waals surface area contributed by atoms with Crippen molar-refractivity contribution >= 4 is 17.4 Å². The van der Waals surface area contributed by atoms with Crippen molar-refractivity contribution in [3.63, 3.8) is 0 Å². The first-order valence-electron chi connectivity index (χ1n) is 8.91. The molecule has 0 saturated carbocycles. The Balaban J connectivity index is 1.68. The number of aromatic nitrogens is 1. The maximum absolute atomic E-state index is 12.4. The molecule has 0 bridgehead atoms. The molecule has 0 aliphatic heterocycles. The number of benzene rings is 2. The lowest BCUT2D eigenvalue weighted by molar-refractivity contribution is 0.0950. The van der Waals surface area contributed by atoms with Gasteiger partial charge in [0.1, 0.15) is 11.6 Å². The first kappa shape index (κ1) is 18.5. The van der Waals surface area contributed by atoms with Crippen LogP contribution in [-0.4, -0.2) is 24.5 Å². The summed E-state index contributed by atoms with van der Waals surface area (Å²) in [5.74, 6) is 1.40. The lowest BCUT2D eigenvalue weighted by atomic mass is 10.2. The van der Waals surface area contributed by atoms with Gasteiger partial charge in [-0.1, -0.05) is 36.4 Å². The van der Waals surface area contributed by atoms with Crippen LogP contribution < -0.4 is 15.0 Å². The van der Waals surface area contributed by atoms with Crippen LogP contribution in [0.4, 0.5) is 11.5 Å². The molecule has 3 rings (SSSR count). The van der Waals surface area contributed by atoms with E-state index in [1.54, 1.807) is 19.4 Å². The van der Waals surface area contributed by atoms with E-state index in [0.29, 0.717) is 12.1 Å². The van der Waals surface area contributed by atoms with Gasteiger partial charge in [0, 0.05) is 30.5 Å². The minimum absolute atomic E-state index is 0.164. The zero-order chi connectivity index (χ0) is 19.1. The number of methoxy groups -OCH3 is 1. The third kappa shape index (κ3) is 4.44. The summed E-state index contributed by atoms with van der Waals surface area (Å²) in [6, 6.07) is 21.4. The standard InChI is InChI=1S/C22H23N3O2/c1-3-25(19-10-5-4-6-11-19)21-14-13-18(16-23-21)22(26)24-15-17-9-7-8-12-20(17)27-2/h4-14,16H,3,15H2,1-2H3,(H,24,26). The van der Waals surface area contributed by atoms with E-state index in [1.807, 2.05) is 60.7 Å². The Morgan fingerprint density at radius 1 is 1.04 bits per heavy atom. The van der Waals surface area contributed by atoms with E-state index in [9.17, 15) is 4.79 Å². The van der Waals surface area contributed by atoms with Gasteiger partial charge in [-0.2, -0.15) is 0 Å². The van der Waals surface area contributed by atoms with Gasteiger partial charge in [-0.15, -0.1) is 0 Å². The van der Waals surface area contributed by atoms with Crippen LogP contribution in [0.1, 0.15) is 22.8 Å². The lowest BCUT2D eigenvalue weighted by Gasteiger charge is -2.22. The van der Waals surface area contributed by atoms with E-state index < -0.39 is 0 Å². The Labute approximate surface area is 159 Å². The number of para-hydroxylation sites is 2. The normalized spacial score (nSPS) is 10.3. The molecule has 2 aromatic carbocycles. The molecule has 0 radical (unpaired) electrons. The number of pyridine rings is 1. The number of ether oxygens (including phenoxy) is 1. The second-order valence-electron chi connectivity index (χ2n) is 5.98. The highest BCUT2D eigenvalue weighted by Gasteiger charge is 2.11. The van der Waals surface area contributed by atoms with Crippen molar-refractivity contribution in [3.8, 4) is 5.75 Å². The monoisotopic (exact) mass is 361 g/mol. The highest BCUT2D eigenvalue weighted by Crippen LogP contribution is 2.23. The smallest absolute Gasteiger partial charge is 0.253 e. The Morgan fingerprint density at radius 3 is 2.44 bits per heavy atom. The molecule has 1 heterocycles. The molecule has 0 unspecified atom stereocenters. The molecular formula is C22H23N3O2. The fourth-order valence-corrected chi connectivity index (χ4v) is 2.89. The maximum atomic E-state index is 12.4. The Morgan fingerprint density at radius 2 is 1.78 bits per heavy atom. The topological polar surface area (TPSA) is 54.5 Å². The van der Waals surface area contributed by atoms with Gasteiger partial charge in [0.15, 0.2) is 0 Å². The molecule has 0 atom stereocenters. The first-order chi connectivity index (χ1) is 13.2. The van der Waals surface area contributed by atoms with E-state index in [2.05, 4.69) is 22.1 Å². The minimum atomic E-state index is -0.164. The highest BCUT2D eigenvalue weighted by molar-refractivity contribution is 5.94. The summed E-state index contributed by atoms with van der Waals surface area (Å²) in [6.45, 7) is 3.26. The number of carbonyl (C=O) groups excluding carboxylic acids is 1. The predicted octanol–water partition coefficient (Wildman–Crippen LogP) is 4.18. The molecule has 1 amide bonds. The van der Waals surface area contributed by atoms with Crippen molar-refractivity contribution in [2.75, 3.05) is 18.6 Å². The van der Waals surface area contributed by atoms with Gasteiger partial charge in [0.2, 0.25) is 0 Å². The molecule has 0 spiro atoms. The van der Waals surface area contributed by atoms with Crippen LogP contribution in [0.25, 0.3) is 0 Å². The Kier molecular flexibility index (Phi) is 6.05. The summed E-state index contributed by atoms with van der Waals surface area (Å²) in [5, 5.41) is 2.91. The summed E-state index contributed by atoms with van der Waals surface area (Å²) < 4.78 is 5.31. The molecule has 0 fully saturated rings. The number of hydrogen-bond donors (Lipinski definition) is 1. The molecule has 3 aromatic rings. The van der Waals surface area contributed by atoms with Gasteiger partial charge in [0.05, 0.1) is 12.7 Å². The van der Waals surface area contributed by atoms with Gasteiger partial charge in [0.25, 0.3) is 5.91 Å². The van der Waals surface area contributed by atoms with Crippen molar-refractivity contribution in [3.05, 3.63) is 84.1 Å². The number of anilines is 2. The number of hydrogen-bond acceptors (Lipinski definition) is 4. The minimum Gasteiger partial charge on any atom is -0.496 e. The quantitative estimate of drug-likeness (QED) is 0.686. The van der Waals surface area contributed by atoms with Crippen molar-refractivity contribution in [2.45, 2.75) is 13.5 Å². The predicted molar refractivity (Wildman–Crippen MR) is 108 cm³/mol. The number of carbonyl (C=O) groups is 1. The summed E-state index contributed by atoms with van der Waals surface area (Å²) in [6.07, 6.45) is 1.61. The van der Waals surface area contributed by atoms with Crippen molar-refractivity contribution in [2.24, 2.45) is 0 Å². The number of rotatable bonds is 7. The molecule has 0 aliphatic rings. The van der Waals surface area contributed by atoms with Gasteiger partial charge in [-0.25, -0.2) is 4.98 Å². The third-order valence-electron chi connectivity index (χ3n) is 4.30. The SMILES string of the molecule is CCN(c1ccccc1)c1ccc(C(=O)NCc2ccccc2OC)cn1. The molecule has 1 aromatic heterocycles. The molecule has 0 saturated heterocycles. The molecule has 138 valence electrons. The average molecular weight is 361 g/mol. The molecule has 5 nitrogen and oxygen atoms in total. The number of nitrogens with one attached hydrogen (secondary N) is 1. The van der Waals surface area contributed by atoms with Crippen molar-refractivity contribution in [1.82, 2.24) is 10.3 Å². The summed E-state index contributed by atoms with van der Waals surface area (Å²) >= 11 is 0. The Hall–Kier alpha value is -3.34. The van der Waals surface area contributed by atoms with Crippen molar-refractivity contribution < 1.29 is 9.53 Å².